The largest absolute Gasteiger partial charge is 0.497 e. The number of nitrogens with one attached hydrogen (secondary N) is 1. The van der Waals surface area contributed by atoms with Gasteiger partial charge in [-0.15, -0.1) is 0 Å². The molecule has 6 heteroatoms. The summed E-state index contributed by atoms with van der Waals surface area (Å²) in [5.74, 6) is 0.495. The lowest BCUT2D eigenvalue weighted by Crippen LogP contribution is -2.21. The van der Waals surface area contributed by atoms with Gasteiger partial charge in [0.05, 0.1) is 13.7 Å². The molecule has 0 bridgehead atoms. The van der Waals surface area contributed by atoms with Gasteiger partial charge in [0.1, 0.15) is 18.1 Å². The Morgan fingerprint density at radius 1 is 1.22 bits per heavy atom. The zero-order chi connectivity index (χ0) is 22.2. The van der Waals surface area contributed by atoms with Gasteiger partial charge in [-0.1, -0.05) is 24.3 Å². The summed E-state index contributed by atoms with van der Waals surface area (Å²) in [6, 6.07) is 17.3. The number of carbonyl (C=O) groups is 1. The number of aliphatic hydroxyl groups is 1. The van der Waals surface area contributed by atoms with Crippen molar-refractivity contribution in [1.29, 1.82) is 0 Å². The maximum atomic E-state index is 12.4. The lowest BCUT2D eigenvalue weighted by atomic mass is 9.81. The average Bonchev–Trinajstić information content (AvgIpc) is 3.24. The first-order valence-corrected chi connectivity index (χ1v) is 10.5. The second-order valence-electron chi connectivity index (χ2n) is 8.02. The average molecular weight is 428 g/mol. The molecule has 1 aliphatic rings. The number of amides is 1. The van der Waals surface area contributed by atoms with E-state index in [1.54, 1.807) is 19.2 Å². The smallest absolute Gasteiger partial charge is 0.249 e. The van der Waals surface area contributed by atoms with Crippen LogP contribution in [0, 0.1) is 0 Å². The van der Waals surface area contributed by atoms with Crippen molar-refractivity contribution in [2.75, 3.05) is 13.7 Å². The number of benzene rings is 3. The van der Waals surface area contributed by atoms with Crippen molar-refractivity contribution in [2.45, 2.75) is 18.9 Å². The molecular weight excluding hydrogens is 404 g/mol. The van der Waals surface area contributed by atoms with Gasteiger partial charge in [-0.25, -0.2) is 0 Å². The molecule has 162 valence electrons. The molecule has 4 aromatic rings. The van der Waals surface area contributed by atoms with E-state index in [1.165, 1.54) is 0 Å². The number of carbonyl (C=O) groups excluding carboxylic acids is 1. The zero-order valence-corrected chi connectivity index (χ0v) is 17.7. The number of para-hydroxylation sites is 1. The topological polar surface area (TPSA) is 97.6 Å². The van der Waals surface area contributed by atoms with Gasteiger partial charge in [0.15, 0.2) is 0 Å². The lowest BCUT2D eigenvalue weighted by molar-refractivity contribution is 0.0998. The third-order valence-electron chi connectivity index (χ3n) is 6.21. The number of primary amides is 1. The van der Waals surface area contributed by atoms with Crippen LogP contribution in [0.1, 0.15) is 33.0 Å². The minimum Gasteiger partial charge on any atom is -0.497 e. The van der Waals surface area contributed by atoms with E-state index in [4.69, 9.17) is 15.2 Å². The van der Waals surface area contributed by atoms with Gasteiger partial charge in [-0.3, -0.25) is 4.79 Å². The Labute approximate surface area is 185 Å². The summed E-state index contributed by atoms with van der Waals surface area (Å²) in [6.07, 6.45) is 2.50. The number of fused-ring (bicyclic) bond motifs is 4. The first-order valence-electron chi connectivity index (χ1n) is 10.5. The lowest BCUT2D eigenvalue weighted by Gasteiger charge is -2.28. The van der Waals surface area contributed by atoms with Gasteiger partial charge in [0.2, 0.25) is 5.91 Å². The Morgan fingerprint density at radius 2 is 2.06 bits per heavy atom. The number of ether oxygens (including phenoxy) is 2. The highest BCUT2D eigenvalue weighted by molar-refractivity contribution is 5.98. The second-order valence-corrected chi connectivity index (χ2v) is 8.02. The van der Waals surface area contributed by atoms with Gasteiger partial charge in [0, 0.05) is 34.1 Å². The normalized spacial score (nSPS) is 13.2. The van der Waals surface area contributed by atoms with Crippen LogP contribution in [-0.4, -0.2) is 29.7 Å². The van der Waals surface area contributed by atoms with Crippen LogP contribution in [0.4, 0.5) is 0 Å². The minimum absolute atomic E-state index is 0.143. The molecule has 0 saturated carbocycles. The Kier molecular flexibility index (Phi) is 5.07. The van der Waals surface area contributed by atoms with Crippen LogP contribution in [0.25, 0.3) is 22.0 Å². The Bertz CT molecular complexity index is 1320. The van der Waals surface area contributed by atoms with Gasteiger partial charge in [-0.05, 0) is 59.0 Å². The number of aliphatic hydroxyl groups excluding tert-OH is 1. The number of rotatable bonds is 6. The van der Waals surface area contributed by atoms with E-state index in [1.807, 2.05) is 48.7 Å². The fraction of sp³-hybridized carbons (Fsp3) is 0.192. The minimum atomic E-state index is -0.532. The predicted octanol–water partition coefficient (Wildman–Crippen LogP) is 4.15. The molecular formula is C26H24N2O4. The highest BCUT2D eigenvalue weighted by Crippen LogP contribution is 2.46. The predicted molar refractivity (Wildman–Crippen MR) is 123 cm³/mol. The van der Waals surface area contributed by atoms with Crippen molar-refractivity contribution in [1.82, 2.24) is 4.98 Å². The molecule has 5 rings (SSSR count). The van der Waals surface area contributed by atoms with E-state index < -0.39 is 5.91 Å². The quantitative estimate of drug-likeness (QED) is 0.430. The van der Waals surface area contributed by atoms with Crippen molar-refractivity contribution in [2.24, 2.45) is 5.73 Å². The van der Waals surface area contributed by atoms with Gasteiger partial charge >= 0.3 is 0 Å². The van der Waals surface area contributed by atoms with E-state index in [-0.39, 0.29) is 12.5 Å². The second kappa shape index (κ2) is 8.05. The maximum Gasteiger partial charge on any atom is 0.249 e. The summed E-state index contributed by atoms with van der Waals surface area (Å²) in [6.45, 7) is 0.281. The molecule has 0 spiro atoms. The van der Waals surface area contributed by atoms with E-state index in [0.717, 1.165) is 33.2 Å². The SMILES string of the molecule is COc1ccc2c(c1)-c1c(ccc(C(N)=O)c1[C@H](CO)Cc1c[nH]c3ccccc13)OC2. The van der Waals surface area contributed by atoms with Crippen LogP contribution in [0.3, 0.4) is 0 Å². The van der Waals surface area contributed by atoms with Gasteiger partial charge in [0.25, 0.3) is 0 Å². The van der Waals surface area contributed by atoms with E-state index >= 15 is 0 Å². The Hall–Kier alpha value is -3.77. The number of hydrogen-bond acceptors (Lipinski definition) is 4. The maximum absolute atomic E-state index is 12.4. The summed E-state index contributed by atoms with van der Waals surface area (Å²) in [5.41, 5.74) is 11.7. The van der Waals surface area contributed by atoms with Crippen molar-refractivity contribution in [3.8, 4) is 22.6 Å². The molecule has 3 aromatic carbocycles. The monoisotopic (exact) mass is 428 g/mol. The third kappa shape index (κ3) is 3.29. The number of aromatic nitrogens is 1. The first-order chi connectivity index (χ1) is 15.6. The van der Waals surface area contributed by atoms with Crippen LogP contribution in [0.15, 0.2) is 60.8 Å². The molecule has 1 aliphatic heterocycles. The highest BCUT2D eigenvalue weighted by Gasteiger charge is 2.29. The molecule has 4 N–H and O–H groups in total. The molecule has 0 aliphatic carbocycles. The van der Waals surface area contributed by atoms with Gasteiger partial charge in [-0.2, -0.15) is 0 Å². The molecule has 0 fully saturated rings. The van der Waals surface area contributed by atoms with Crippen LogP contribution < -0.4 is 15.2 Å². The summed E-state index contributed by atoms with van der Waals surface area (Å²) in [4.78, 5) is 15.7. The van der Waals surface area contributed by atoms with E-state index in [9.17, 15) is 9.90 Å². The summed E-state index contributed by atoms with van der Waals surface area (Å²) in [5, 5.41) is 11.6. The van der Waals surface area contributed by atoms with Crippen LogP contribution in [0.2, 0.25) is 0 Å². The zero-order valence-electron chi connectivity index (χ0n) is 17.7. The van der Waals surface area contributed by atoms with Crippen LogP contribution in [0.5, 0.6) is 11.5 Å². The summed E-state index contributed by atoms with van der Waals surface area (Å²) < 4.78 is 11.5. The fourth-order valence-electron chi connectivity index (χ4n) is 4.66. The number of hydrogen-bond donors (Lipinski definition) is 3. The van der Waals surface area contributed by atoms with E-state index in [2.05, 4.69) is 4.98 Å². The molecule has 6 nitrogen and oxygen atoms in total. The molecule has 1 atom stereocenters. The molecule has 1 aromatic heterocycles. The molecule has 0 unspecified atom stereocenters. The van der Waals surface area contributed by atoms with Crippen molar-refractivity contribution >= 4 is 16.8 Å². The number of H-pyrrole nitrogens is 1. The highest BCUT2D eigenvalue weighted by atomic mass is 16.5. The van der Waals surface area contributed by atoms with Crippen molar-refractivity contribution in [3.05, 3.63) is 83.0 Å². The fourth-order valence-corrected chi connectivity index (χ4v) is 4.66. The van der Waals surface area contributed by atoms with Gasteiger partial charge < -0.3 is 25.3 Å². The van der Waals surface area contributed by atoms with Crippen molar-refractivity contribution in [3.63, 3.8) is 0 Å². The van der Waals surface area contributed by atoms with Crippen LogP contribution >= 0.6 is 0 Å². The molecule has 32 heavy (non-hydrogen) atoms. The molecule has 0 radical (unpaired) electrons. The molecule has 2 heterocycles. The number of aromatic amines is 1. The summed E-state index contributed by atoms with van der Waals surface area (Å²) >= 11 is 0. The number of methoxy groups -OCH3 is 1. The Morgan fingerprint density at radius 3 is 2.84 bits per heavy atom. The summed E-state index contributed by atoms with van der Waals surface area (Å²) in [7, 11) is 1.62. The molecule has 1 amide bonds. The van der Waals surface area contributed by atoms with Crippen molar-refractivity contribution < 1.29 is 19.4 Å². The Balaban J connectivity index is 1.70. The standard InChI is InChI=1S/C26H24N2O4/c1-31-18-7-6-15-14-32-23-9-8-20(26(27)30)24(25(23)21(15)11-18)17(13-29)10-16-12-28-22-5-3-2-4-19(16)22/h2-9,11-12,17,28-29H,10,13-14H2,1H3,(H2,27,30)/t17-/m0/s1. The third-order valence-corrected chi connectivity index (χ3v) is 6.21. The molecule has 0 saturated heterocycles. The first kappa shape index (κ1) is 20.2. The number of nitrogens with two attached hydrogens (primary N) is 1. The van der Waals surface area contributed by atoms with Crippen LogP contribution in [-0.2, 0) is 13.0 Å². The van der Waals surface area contributed by atoms with E-state index in [0.29, 0.717) is 35.7 Å².